The second kappa shape index (κ2) is 9.15. The summed E-state index contributed by atoms with van der Waals surface area (Å²) in [5.41, 5.74) is 2.68. The molecule has 0 amide bonds. The van der Waals surface area contributed by atoms with Crippen LogP contribution in [-0.4, -0.2) is 23.1 Å². The molecule has 6 nitrogen and oxygen atoms in total. The van der Waals surface area contributed by atoms with Gasteiger partial charge in [0.25, 0.3) is 0 Å². The number of benzene rings is 2. The molecule has 0 radical (unpaired) electrons. The van der Waals surface area contributed by atoms with Crippen LogP contribution in [0.5, 0.6) is 11.5 Å². The largest absolute Gasteiger partial charge is 0.503 e. The number of aromatic hydroxyl groups is 1. The third kappa shape index (κ3) is 4.39. The summed E-state index contributed by atoms with van der Waals surface area (Å²) in [7, 11) is 1.51. The molecule has 0 atom stereocenters. The number of hydrogen-bond acceptors (Lipinski definition) is 6. The van der Waals surface area contributed by atoms with Crippen molar-refractivity contribution in [2.45, 2.75) is 6.54 Å². The zero-order valence-electron chi connectivity index (χ0n) is 16.0. The molecule has 4 rings (SSSR count). The van der Waals surface area contributed by atoms with E-state index in [1.54, 1.807) is 29.3 Å². The Bertz CT molecular complexity index is 1230. The van der Waals surface area contributed by atoms with Crippen LogP contribution in [-0.2, 0) is 6.54 Å². The molecule has 0 saturated heterocycles. The van der Waals surface area contributed by atoms with Crippen molar-refractivity contribution in [3.63, 3.8) is 0 Å². The lowest BCUT2D eigenvalue weighted by Crippen LogP contribution is -2.12. The monoisotopic (exact) mass is 483 g/mol. The van der Waals surface area contributed by atoms with Gasteiger partial charge in [-0.2, -0.15) is 5.10 Å². The third-order valence-corrected chi connectivity index (χ3v) is 5.75. The molecule has 152 valence electrons. The standard InChI is InChI=1S/C22H18BrN3O3S/c1-28-20-11-16(10-17(23)21(20)27)13-25-26-18(19-8-5-9-29-19)14-30-22(26)24-12-15-6-3-2-4-7-15/h2-11,13-14,27H,12H2,1H3. The molecular formula is C22H18BrN3O3S. The molecule has 4 aromatic rings. The zero-order valence-corrected chi connectivity index (χ0v) is 18.4. The number of aromatic nitrogens is 1. The van der Waals surface area contributed by atoms with Gasteiger partial charge in [0.15, 0.2) is 17.3 Å². The van der Waals surface area contributed by atoms with Crippen molar-refractivity contribution in [1.82, 2.24) is 4.68 Å². The minimum atomic E-state index is 0.0488. The molecule has 0 fully saturated rings. The van der Waals surface area contributed by atoms with Gasteiger partial charge in [-0.15, -0.1) is 11.3 Å². The predicted molar refractivity (Wildman–Crippen MR) is 121 cm³/mol. The minimum absolute atomic E-state index is 0.0488. The van der Waals surface area contributed by atoms with Gasteiger partial charge >= 0.3 is 0 Å². The molecular weight excluding hydrogens is 466 g/mol. The maximum atomic E-state index is 10.0. The minimum Gasteiger partial charge on any atom is -0.503 e. The summed E-state index contributed by atoms with van der Waals surface area (Å²) < 4.78 is 13.1. The molecule has 0 aliphatic heterocycles. The van der Waals surface area contributed by atoms with Gasteiger partial charge in [-0.3, -0.25) is 4.99 Å². The Labute approximate surface area is 185 Å². The topological polar surface area (TPSA) is 72.2 Å². The Morgan fingerprint density at radius 2 is 2.03 bits per heavy atom. The highest BCUT2D eigenvalue weighted by molar-refractivity contribution is 9.10. The van der Waals surface area contributed by atoms with E-state index in [1.165, 1.54) is 18.4 Å². The lowest BCUT2D eigenvalue weighted by Gasteiger charge is -2.06. The summed E-state index contributed by atoms with van der Waals surface area (Å²) in [6.07, 6.45) is 3.32. The number of thiazole rings is 1. The van der Waals surface area contributed by atoms with Crippen molar-refractivity contribution in [1.29, 1.82) is 0 Å². The molecule has 0 bridgehead atoms. The van der Waals surface area contributed by atoms with E-state index >= 15 is 0 Å². The van der Waals surface area contributed by atoms with Gasteiger partial charge < -0.3 is 14.3 Å². The Morgan fingerprint density at radius 3 is 2.77 bits per heavy atom. The average Bonchev–Trinajstić information content (AvgIpc) is 3.43. The molecule has 2 heterocycles. The van der Waals surface area contributed by atoms with Crippen LogP contribution < -0.4 is 9.54 Å². The second-order valence-corrected chi connectivity index (χ2v) is 7.98. The molecule has 0 aliphatic carbocycles. The lowest BCUT2D eigenvalue weighted by atomic mass is 10.2. The third-order valence-electron chi connectivity index (χ3n) is 4.29. The highest BCUT2D eigenvalue weighted by Gasteiger charge is 2.11. The number of methoxy groups -OCH3 is 1. The SMILES string of the molecule is COc1cc(C=Nn2c(-c3ccco3)csc2=NCc2ccccc2)cc(Br)c1O. The summed E-state index contributed by atoms with van der Waals surface area (Å²) in [6.45, 7) is 0.549. The van der Waals surface area contributed by atoms with Crippen molar-refractivity contribution in [3.05, 3.63) is 86.6 Å². The number of ether oxygens (including phenoxy) is 1. The van der Waals surface area contributed by atoms with E-state index in [4.69, 9.17) is 14.1 Å². The van der Waals surface area contributed by atoms with Crippen LogP contribution in [0.15, 0.2) is 85.2 Å². The summed E-state index contributed by atoms with van der Waals surface area (Å²) in [6, 6.07) is 17.3. The van der Waals surface area contributed by atoms with Crippen molar-refractivity contribution in [2.24, 2.45) is 10.1 Å². The van der Waals surface area contributed by atoms with Crippen LogP contribution in [0.25, 0.3) is 11.5 Å². The van der Waals surface area contributed by atoms with Crippen LogP contribution >= 0.6 is 27.3 Å². The molecule has 2 aromatic heterocycles. The van der Waals surface area contributed by atoms with E-state index < -0.39 is 0 Å². The lowest BCUT2D eigenvalue weighted by molar-refractivity contribution is 0.372. The normalized spacial score (nSPS) is 12.0. The fraction of sp³-hybridized carbons (Fsp3) is 0.0909. The Morgan fingerprint density at radius 1 is 1.20 bits per heavy atom. The van der Waals surface area contributed by atoms with Crippen LogP contribution in [0.4, 0.5) is 0 Å². The number of phenols is 1. The maximum Gasteiger partial charge on any atom is 0.206 e. The molecule has 0 saturated carbocycles. The smallest absolute Gasteiger partial charge is 0.206 e. The first-order valence-electron chi connectivity index (χ1n) is 9.05. The highest BCUT2D eigenvalue weighted by atomic mass is 79.9. The van der Waals surface area contributed by atoms with E-state index in [9.17, 15) is 5.11 Å². The number of hydrogen-bond donors (Lipinski definition) is 1. The summed E-state index contributed by atoms with van der Waals surface area (Å²) in [5.74, 6) is 1.11. The van der Waals surface area contributed by atoms with Gasteiger partial charge in [0.05, 0.1) is 30.6 Å². The van der Waals surface area contributed by atoms with Gasteiger partial charge in [0.1, 0.15) is 5.69 Å². The molecule has 0 spiro atoms. The number of nitrogens with zero attached hydrogens (tertiary/aromatic N) is 3. The van der Waals surface area contributed by atoms with Crippen molar-refractivity contribution >= 4 is 33.5 Å². The highest BCUT2D eigenvalue weighted by Crippen LogP contribution is 2.34. The van der Waals surface area contributed by atoms with Gasteiger partial charge in [0, 0.05) is 5.38 Å². The molecule has 2 aromatic carbocycles. The van der Waals surface area contributed by atoms with E-state index in [-0.39, 0.29) is 5.75 Å². The van der Waals surface area contributed by atoms with Crippen LogP contribution in [0.2, 0.25) is 0 Å². The first kappa shape index (κ1) is 20.2. The number of halogens is 1. The summed E-state index contributed by atoms with van der Waals surface area (Å²) in [4.78, 5) is 5.48. The molecule has 0 aliphatic rings. The van der Waals surface area contributed by atoms with E-state index in [0.717, 1.165) is 21.6 Å². The number of phenolic OH excluding ortho intramolecular Hbond substituents is 1. The van der Waals surface area contributed by atoms with Gasteiger partial charge in [0.2, 0.25) is 4.80 Å². The van der Waals surface area contributed by atoms with Crippen LogP contribution in [0, 0.1) is 0 Å². The molecule has 1 N–H and O–H groups in total. The summed E-state index contributed by atoms with van der Waals surface area (Å²) in [5, 5.41) is 16.6. The van der Waals surface area contributed by atoms with Crippen molar-refractivity contribution < 1.29 is 14.3 Å². The first-order chi connectivity index (χ1) is 14.7. The van der Waals surface area contributed by atoms with Gasteiger partial charge in [-0.25, -0.2) is 4.68 Å². The van der Waals surface area contributed by atoms with Crippen molar-refractivity contribution in [2.75, 3.05) is 7.11 Å². The molecule has 30 heavy (non-hydrogen) atoms. The first-order valence-corrected chi connectivity index (χ1v) is 10.7. The van der Waals surface area contributed by atoms with E-state index in [0.29, 0.717) is 22.5 Å². The number of rotatable bonds is 6. The fourth-order valence-corrected chi connectivity index (χ4v) is 4.08. The quantitative estimate of drug-likeness (QED) is 0.379. The molecule has 8 heteroatoms. The van der Waals surface area contributed by atoms with Crippen LogP contribution in [0.3, 0.4) is 0 Å². The second-order valence-electron chi connectivity index (χ2n) is 6.29. The molecule has 0 unspecified atom stereocenters. The Hall–Kier alpha value is -3.10. The Balaban J connectivity index is 1.75. The maximum absolute atomic E-state index is 10.0. The predicted octanol–water partition coefficient (Wildman–Crippen LogP) is 5.27. The number of furan rings is 1. The van der Waals surface area contributed by atoms with E-state index in [2.05, 4.69) is 21.0 Å². The Kier molecular flexibility index (Phi) is 6.15. The fourth-order valence-electron chi connectivity index (χ4n) is 2.80. The van der Waals surface area contributed by atoms with E-state index in [1.807, 2.05) is 47.8 Å². The van der Waals surface area contributed by atoms with Gasteiger partial charge in [-0.05, 0) is 51.3 Å². The van der Waals surface area contributed by atoms with Crippen molar-refractivity contribution in [3.8, 4) is 23.0 Å². The van der Waals surface area contributed by atoms with Gasteiger partial charge in [-0.1, -0.05) is 30.3 Å². The zero-order chi connectivity index (χ0) is 20.9. The summed E-state index contributed by atoms with van der Waals surface area (Å²) >= 11 is 4.83. The van der Waals surface area contributed by atoms with Crippen LogP contribution in [0.1, 0.15) is 11.1 Å². The average molecular weight is 484 g/mol.